The van der Waals surface area contributed by atoms with Crippen molar-refractivity contribution in [2.45, 2.75) is 44.9 Å². The summed E-state index contributed by atoms with van der Waals surface area (Å²) < 4.78 is 0. The van der Waals surface area contributed by atoms with Gasteiger partial charge in [0.1, 0.15) is 0 Å². The second kappa shape index (κ2) is 4.96. The first-order valence-electron chi connectivity index (χ1n) is 6.66. The molecule has 0 saturated heterocycles. The van der Waals surface area contributed by atoms with Gasteiger partial charge in [-0.3, -0.25) is 10.1 Å². The number of non-ortho nitro benzene ring substituents is 1. The summed E-state index contributed by atoms with van der Waals surface area (Å²) in [6.07, 6.45) is 4.37. The Morgan fingerprint density at radius 1 is 1.33 bits per heavy atom. The predicted octanol–water partition coefficient (Wildman–Crippen LogP) is 3.86. The molecule has 0 unspecified atom stereocenters. The lowest BCUT2D eigenvalue weighted by Gasteiger charge is -2.28. The van der Waals surface area contributed by atoms with Crippen molar-refractivity contribution in [1.29, 1.82) is 0 Å². The first-order chi connectivity index (χ1) is 8.63. The van der Waals surface area contributed by atoms with Crippen LogP contribution in [-0.2, 0) is 5.41 Å². The SMILES string of the molecule is CCCC1(CCC)CNc2ccc([N+](=O)[O-])cc21. The summed E-state index contributed by atoms with van der Waals surface area (Å²) in [5, 5.41) is 14.3. The Hall–Kier alpha value is -1.58. The van der Waals surface area contributed by atoms with E-state index >= 15 is 0 Å². The molecule has 4 nitrogen and oxygen atoms in total. The third-order valence-electron chi connectivity index (χ3n) is 3.86. The first-order valence-corrected chi connectivity index (χ1v) is 6.66. The number of hydrogen-bond donors (Lipinski definition) is 1. The van der Waals surface area contributed by atoms with Crippen molar-refractivity contribution < 1.29 is 4.92 Å². The Labute approximate surface area is 108 Å². The average Bonchev–Trinajstić information content (AvgIpc) is 2.69. The summed E-state index contributed by atoms with van der Waals surface area (Å²) in [5.41, 5.74) is 2.50. The van der Waals surface area contributed by atoms with Crippen LogP contribution in [0.4, 0.5) is 11.4 Å². The molecular weight excluding hydrogens is 228 g/mol. The van der Waals surface area contributed by atoms with Crippen LogP contribution in [0.3, 0.4) is 0 Å². The van der Waals surface area contributed by atoms with E-state index in [0.29, 0.717) is 0 Å². The fourth-order valence-electron chi connectivity index (χ4n) is 3.13. The molecule has 1 aliphatic heterocycles. The van der Waals surface area contributed by atoms with Gasteiger partial charge in [0.2, 0.25) is 0 Å². The molecule has 4 heteroatoms. The average molecular weight is 248 g/mol. The molecule has 0 bridgehead atoms. The Morgan fingerprint density at radius 2 is 2.00 bits per heavy atom. The highest BCUT2D eigenvalue weighted by atomic mass is 16.6. The molecule has 98 valence electrons. The van der Waals surface area contributed by atoms with Gasteiger partial charge >= 0.3 is 0 Å². The van der Waals surface area contributed by atoms with Gasteiger partial charge in [0, 0.05) is 29.8 Å². The van der Waals surface area contributed by atoms with Crippen molar-refractivity contribution in [3.8, 4) is 0 Å². The summed E-state index contributed by atoms with van der Waals surface area (Å²) in [6, 6.07) is 5.20. The van der Waals surface area contributed by atoms with E-state index in [1.165, 1.54) is 0 Å². The van der Waals surface area contributed by atoms with E-state index in [4.69, 9.17) is 0 Å². The van der Waals surface area contributed by atoms with Crippen LogP contribution in [0.25, 0.3) is 0 Å². The zero-order valence-electron chi connectivity index (χ0n) is 11.0. The summed E-state index contributed by atoms with van der Waals surface area (Å²) in [7, 11) is 0. The standard InChI is InChI=1S/C14H20N2O2/c1-3-7-14(8-4-2)10-15-13-6-5-11(16(17)18)9-12(13)14/h5-6,9,15H,3-4,7-8,10H2,1-2H3. The van der Waals surface area contributed by atoms with Gasteiger partial charge in [0.05, 0.1) is 4.92 Å². The van der Waals surface area contributed by atoms with Crippen molar-refractivity contribution >= 4 is 11.4 Å². The van der Waals surface area contributed by atoms with E-state index in [0.717, 1.165) is 43.5 Å². The van der Waals surface area contributed by atoms with Crippen LogP contribution in [0.1, 0.15) is 45.1 Å². The molecular formula is C14H20N2O2. The van der Waals surface area contributed by atoms with Crippen molar-refractivity contribution in [1.82, 2.24) is 0 Å². The number of hydrogen-bond acceptors (Lipinski definition) is 3. The zero-order valence-corrected chi connectivity index (χ0v) is 11.0. The Kier molecular flexibility index (Phi) is 3.55. The minimum Gasteiger partial charge on any atom is -0.384 e. The number of fused-ring (bicyclic) bond motifs is 1. The molecule has 0 aliphatic carbocycles. The molecule has 0 atom stereocenters. The highest BCUT2D eigenvalue weighted by Gasteiger charge is 2.38. The molecule has 1 N–H and O–H groups in total. The van der Waals surface area contributed by atoms with Crippen LogP contribution < -0.4 is 5.32 Å². The number of nitro groups is 1. The second-order valence-corrected chi connectivity index (χ2v) is 5.12. The molecule has 1 aromatic rings. The van der Waals surface area contributed by atoms with Gasteiger partial charge in [-0.05, 0) is 24.5 Å². The summed E-state index contributed by atoms with van der Waals surface area (Å²) in [4.78, 5) is 10.6. The lowest BCUT2D eigenvalue weighted by Crippen LogP contribution is -2.28. The second-order valence-electron chi connectivity index (χ2n) is 5.12. The molecule has 1 heterocycles. The van der Waals surface area contributed by atoms with E-state index in [9.17, 15) is 10.1 Å². The number of rotatable bonds is 5. The minimum absolute atomic E-state index is 0.0881. The summed E-state index contributed by atoms with van der Waals surface area (Å²) in [6.45, 7) is 5.25. The molecule has 0 aromatic heterocycles. The normalized spacial score (nSPS) is 16.1. The fourth-order valence-corrected chi connectivity index (χ4v) is 3.13. The minimum atomic E-state index is -0.304. The molecule has 0 radical (unpaired) electrons. The lowest BCUT2D eigenvalue weighted by atomic mass is 9.75. The molecule has 0 spiro atoms. The Bertz CT molecular complexity index is 446. The molecule has 18 heavy (non-hydrogen) atoms. The van der Waals surface area contributed by atoms with Gasteiger partial charge in [0.15, 0.2) is 0 Å². The van der Waals surface area contributed by atoms with Crippen LogP contribution in [0.5, 0.6) is 0 Å². The number of benzene rings is 1. The third-order valence-corrected chi connectivity index (χ3v) is 3.86. The molecule has 2 rings (SSSR count). The van der Waals surface area contributed by atoms with Gasteiger partial charge < -0.3 is 5.32 Å². The number of nitrogens with zero attached hydrogens (tertiary/aromatic N) is 1. The highest BCUT2D eigenvalue weighted by molar-refractivity contribution is 5.63. The Balaban J connectivity index is 2.45. The van der Waals surface area contributed by atoms with Crippen LogP contribution in [0.2, 0.25) is 0 Å². The summed E-state index contributed by atoms with van der Waals surface area (Å²) >= 11 is 0. The number of nitro benzene ring substituents is 1. The predicted molar refractivity (Wildman–Crippen MR) is 73.1 cm³/mol. The maximum Gasteiger partial charge on any atom is 0.269 e. The van der Waals surface area contributed by atoms with E-state index in [1.54, 1.807) is 12.1 Å². The quantitative estimate of drug-likeness (QED) is 0.636. The highest BCUT2D eigenvalue weighted by Crippen LogP contribution is 2.44. The largest absolute Gasteiger partial charge is 0.384 e. The molecule has 0 saturated carbocycles. The zero-order chi connectivity index (χ0) is 13.2. The topological polar surface area (TPSA) is 55.2 Å². The summed E-state index contributed by atoms with van der Waals surface area (Å²) in [5.74, 6) is 0. The van der Waals surface area contributed by atoms with Gasteiger partial charge in [-0.15, -0.1) is 0 Å². The van der Waals surface area contributed by atoms with Crippen LogP contribution in [0, 0.1) is 10.1 Å². The molecule has 1 aromatic carbocycles. The fraction of sp³-hybridized carbons (Fsp3) is 0.571. The van der Waals surface area contributed by atoms with Gasteiger partial charge in [-0.25, -0.2) is 0 Å². The van der Waals surface area contributed by atoms with Crippen LogP contribution >= 0.6 is 0 Å². The van der Waals surface area contributed by atoms with E-state index in [2.05, 4.69) is 19.2 Å². The van der Waals surface area contributed by atoms with Crippen LogP contribution in [-0.4, -0.2) is 11.5 Å². The monoisotopic (exact) mass is 248 g/mol. The first kappa shape index (κ1) is 12.9. The number of anilines is 1. The van der Waals surface area contributed by atoms with Gasteiger partial charge in [-0.1, -0.05) is 26.7 Å². The van der Waals surface area contributed by atoms with Crippen molar-refractivity contribution in [3.05, 3.63) is 33.9 Å². The van der Waals surface area contributed by atoms with E-state index in [1.807, 2.05) is 6.07 Å². The van der Waals surface area contributed by atoms with Gasteiger partial charge in [-0.2, -0.15) is 0 Å². The maximum atomic E-state index is 10.9. The van der Waals surface area contributed by atoms with Crippen molar-refractivity contribution in [2.75, 3.05) is 11.9 Å². The Morgan fingerprint density at radius 3 is 2.56 bits per heavy atom. The molecule has 0 fully saturated rings. The number of nitrogens with one attached hydrogen (secondary N) is 1. The smallest absolute Gasteiger partial charge is 0.269 e. The molecule has 0 amide bonds. The van der Waals surface area contributed by atoms with Crippen LogP contribution in [0.15, 0.2) is 18.2 Å². The van der Waals surface area contributed by atoms with E-state index < -0.39 is 0 Å². The van der Waals surface area contributed by atoms with Crippen molar-refractivity contribution in [2.24, 2.45) is 0 Å². The van der Waals surface area contributed by atoms with E-state index in [-0.39, 0.29) is 16.0 Å². The third kappa shape index (κ3) is 2.07. The maximum absolute atomic E-state index is 10.9. The molecule has 1 aliphatic rings. The van der Waals surface area contributed by atoms with Gasteiger partial charge in [0.25, 0.3) is 5.69 Å². The lowest BCUT2D eigenvalue weighted by molar-refractivity contribution is -0.384. The van der Waals surface area contributed by atoms with Crippen molar-refractivity contribution in [3.63, 3.8) is 0 Å².